The molecule has 0 N–H and O–H groups in total. The lowest BCUT2D eigenvalue weighted by Gasteiger charge is -1.97. The van der Waals surface area contributed by atoms with Gasteiger partial charge in [0.1, 0.15) is 10.8 Å². The van der Waals surface area contributed by atoms with Crippen molar-refractivity contribution in [1.82, 2.24) is 4.98 Å². The number of hydrogen-bond donors (Lipinski definition) is 0. The van der Waals surface area contributed by atoms with E-state index in [1.807, 2.05) is 13.0 Å². The van der Waals surface area contributed by atoms with Crippen molar-refractivity contribution < 1.29 is 4.79 Å². The molecule has 0 fully saturated rings. The zero-order valence-corrected chi connectivity index (χ0v) is 11.1. The fraction of sp³-hybridized carbons (Fsp3) is 0.286. The largest absolute Gasteiger partial charge is 0.300 e. The summed E-state index contributed by atoms with van der Waals surface area (Å²) in [6.07, 6.45) is 0.495. The van der Waals surface area contributed by atoms with Gasteiger partial charge in [0.2, 0.25) is 0 Å². The Bertz CT molecular complexity index is 557. The van der Waals surface area contributed by atoms with E-state index in [1.54, 1.807) is 18.3 Å². The molecular weight excluding hydrogens is 230 g/mol. The molecule has 0 atom stereocenters. The summed E-state index contributed by atoms with van der Waals surface area (Å²) in [5, 5.41) is 1.00. The molecule has 2 nitrogen and oxygen atoms in total. The van der Waals surface area contributed by atoms with E-state index in [9.17, 15) is 4.79 Å². The zero-order chi connectivity index (χ0) is 12.4. The van der Waals surface area contributed by atoms with Crippen LogP contribution in [0.3, 0.4) is 0 Å². The monoisotopic (exact) mass is 245 g/mol. The van der Waals surface area contributed by atoms with Crippen molar-refractivity contribution in [2.75, 3.05) is 0 Å². The molecule has 1 heterocycles. The number of rotatable bonds is 3. The van der Waals surface area contributed by atoms with E-state index in [-0.39, 0.29) is 5.78 Å². The first-order valence-corrected chi connectivity index (χ1v) is 6.40. The maximum Gasteiger partial charge on any atom is 0.135 e. The third-order valence-electron chi connectivity index (χ3n) is 2.57. The normalized spacial score (nSPS) is 10.5. The van der Waals surface area contributed by atoms with Gasteiger partial charge in [0.15, 0.2) is 0 Å². The molecule has 3 heteroatoms. The Morgan fingerprint density at radius 2 is 2.12 bits per heavy atom. The zero-order valence-electron chi connectivity index (χ0n) is 10.3. The molecule has 0 aliphatic heterocycles. The molecule has 0 saturated carbocycles. The molecule has 1 aromatic carbocycles. The number of carbonyl (C=O) groups excluding carboxylic acids is 1. The number of ketones is 1. The summed E-state index contributed by atoms with van der Waals surface area (Å²) in [6.45, 7) is 5.65. The van der Waals surface area contributed by atoms with Crippen LogP contribution in [-0.2, 0) is 11.2 Å². The lowest BCUT2D eigenvalue weighted by molar-refractivity contribution is -0.116. The van der Waals surface area contributed by atoms with E-state index >= 15 is 0 Å². The molecule has 0 unspecified atom stereocenters. The molecule has 17 heavy (non-hydrogen) atoms. The summed E-state index contributed by atoms with van der Waals surface area (Å²) in [7, 11) is 0. The topological polar surface area (TPSA) is 30.0 Å². The third-order valence-corrected chi connectivity index (χ3v) is 3.77. The molecule has 2 rings (SSSR count). The minimum Gasteiger partial charge on any atom is -0.300 e. The Hall–Kier alpha value is -1.48. The first-order chi connectivity index (χ1) is 8.06. The van der Waals surface area contributed by atoms with E-state index in [4.69, 9.17) is 0 Å². The highest BCUT2D eigenvalue weighted by Crippen LogP contribution is 2.28. The van der Waals surface area contributed by atoms with Crippen LogP contribution in [0.5, 0.6) is 0 Å². The molecule has 0 amide bonds. The smallest absolute Gasteiger partial charge is 0.135 e. The highest BCUT2D eigenvalue weighted by atomic mass is 32.1. The lowest BCUT2D eigenvalue weighted by atomic mass is 10.1. The van der Waals surface area contributed by atoms with Crippen LogP contribution in [0.15, 0.2) is 24.3 Å². The fourth-order valence-corrected chi connectivity index (χ4v) is 2.85. The van der Waals surface area contributed by atoms with Crippen molar-refractivity contribution in [1.29, 1.82) is 0 Å². The van der Waals surface area contributed by atoms with Crippen molar-refractivity contribution in [3.8, 4) is 10.6 Å². The van der Waals surface area contributed by atoms with Gasteiger partial charge in [0.25, 0.3) is 0 Å². The Labute approximate surface area is 105 Å². The first-order valence-electron chi connectivity index (χ1n) is 5.59. The molecule has 0 aliphatic rings. The van der Waals surface area contributed by atoms with Crippen molar-refractivity contribution in [3.05, 3.63) is 40.4 Å². The van der Waals surface area contributed by atoms with Gasteiger partial charge in [-0.2, -0.15) is 0 Å². The van der Waals surface area contributed by atoms with Crippen LogP contribution in [0.25, 0.3) is 10.6 Å². The summed E-state index contributed by atoms with van der Waals surface area (Å²) in [5.74, 6) is 0.188. The van der Waals surface area contributed by atoms with Crippen LogP contribution in [0.1, 0.15) is 23.1 Å². The molecule has 2 aromatic rings. The van der Waals surface area contributed by atoms with Gasteiger partial charge in [0.05, 0.1) is 5.69 Å². The summed E-state index contributed by atoms with van der Waals surface area (Å²) in [6, 6.07) is 8.28. The third kappa shape index (κ3) is 2.80. The highest BCUT2D eigenvalue weighted by molar-refractivity contribution is 7.15. The van der Waals surface area contributed by atoms with Gasteiger partial charge in [-0.1, -0.05) is 23.8 Å². The fourth-order valence-electron chi connectivity index (χ4n) is 1.72. The number of Topliss-reactive ketones (excluding diaryl/α,β-unsaturated/α-hetero) is 1. The average molecular weight is 245 g/mol. The van der Waals surface area contributed by atoms with Crippen LogP contribution < -0.4 is 0 Å². The Morgan fingerprint density at radius 1 is 1.35 bits per heavy atom. The lowest BCUT2D eigenvalue weighted by Crippen LogP contribution is -1.94. The van der Waals surface area contributed by atoms with Gasteiger partial charge in [-0.05, 0) is 26.8 Å². The predicted octanol–water partition coefficient (Wildman–Crippen LogP) is 3.56. The molecule has 1 aromatic heterocycles. The molecule has 0 saturated heterocycles. The summed E-state index contributed by atoms with van der Waals surface area (Å²) in [4.78, 5) is 16.8. The van der Waals surface area contributed by atoms with Crippen LogP contribution in [0, 0.1) is 13.8 Å². The first kappa shape index (κ1) is 12.0. The van der Waals surface area contributed by atoms with Crippen LogP contribution in [-0.4, -0.2) is 10.8 Å². The van der Waals surface area contributed by atoms with Gasteiger partial charge < -0.3 is 0 Å². The van der Waals surface area contributed by atoms with Crippen molar-refractivity contribution >= 4 is 17.1 Å². The van der Waals surface area contributed by atoms with Crippen molar-refractivity contribution in [2.24, 2.45) is 0 Å². The van der Waals surface area contributed by atoms with Crippen molar-refractivity contribution in [3.63, 3.8) is 0 Å². The van der Waals surface area contributed by atoms with E-state index in [0.717, 1.165) is 21.1 Å². The maximum absolute atomic E-state index is 11.1. The number of aromatic nitrogens is 1. The minimum absolute atomic E-state index is 0.188. The van der Waals surface area contributed by atoms with E-state index in [2.05, 4.69) is 30.1 Å². The summed E-state index contributed by atoms with van der Waals surface area (Å²) in [5.41, 5.74) is 3.33. The number of thiazole rings is 1. The van der Waals surface area contributed by atoms with E-state index < -0.39 is 0 Å². The van der Waals surface area contributed by atoms with Gasteiger partial charge in [-0.25, -0.2) is 4.98 Å². The second-order valence-electron chi connectivity index (χ2n) is 4.28. The van der Waals surface area contributed by atoms with Crippen LogP contribution in [0.2, 0.25) is 0 Å². The Balaban J connectivity index is 2.37. The standard InChI is InChI=1S/C14H15NOS/c1-9-5-4-6-12(7-9)14-15-11(3)13(17-14)8-10(2)16/h4-7H,8H2,1-3H3. The van der Waals surface area contributed by atoms with Crippen LogP contribution >= 0.6 is 11.3 Å². The van der Waals surface area contributed by atoms with Crippen LogP contribution in [0.4, 0.5) is 0 Å². The van der Waals surface area contributed by atoms with Gasteiger partial charge in [-0.15, -0.1) is 11.3 Å². The SMILES string of the molecule is CC(=O)Cc1sc(-c2cccc(C)c2)nc1C. The van der Waals surface area contributed by atoms with E-state index in [0.29, 0.717) is 6.42 Å². The molecule has 0 aliphatic carbocycles. The molecule has 88 valence electrons. The summed E-state index contributed by atoms with van der Waals surface area (Å²) < 4.78 is 0. The van der Waals surface area contributed by atoms with Gasteiger partial charge in [-0.3, -0.25) is 4.79 Å². The van der Waals surface area contributed by atoms with Crippen molar-refractivity contribution in [2.45, 2.75) is 27.2 Å². The minimum atomic E-state index is 0.188. The average Bonchev–Trinajstić information content (AvgIpc) is 2.59. The second-order valence-corrected chi connectivity index (χ2v) is 5.36. The number of nitrogens with zero attached hydrogens (tertiary/aromatic N) is 1. The second kappa shape index (κ2) is 4.80. The maximum atomic E-state index is 11.1. The molecule has 0 spiro atoms. The Morgan fingerprint density at radius 3 is 2.76 bits per heavy atom. The molecular formula is C14H15NOS. The number of aryl methyl sites for hydroxylation is 2. The summed E-state index contributed by atoms with van der Waals surface area (Å²) >= 11 is 1.62. The number of benzene rings is 1. The quantitative estimate of drug-likeness (QED) is 0.827. The van der Waals surface area contributed by atoms with E-state index in [1.165, 1.54) is 5.56 Å². The predicted molar refractivity (Wildman–Crippen MR) is 71.4 cm³/mol. The molecule has 0 radical (unpaired) electrons. The highest BCUT2D eigenvalue weighted by Gasteiger charge is 2.10. The number of carbonyl (C=O) groups is 1. The molecule has 0 bridgehead atoms. The number of hydrogen-bond acceptors (Lipinski definition) is 3. The Kier molecular flexibility index (Phi) is 3.38. The van der Waals surface area contributed by atoms with Gasteiger partial charge in [0, 0.05) is 16.9 Å². The van der Waals surface area contributed by atoms with Gasteiger partial charge >= 0.3 is 0 Å².